The van der Waals surface area contributed by atoms with Crippen LogP contribution in [0.1, 0.15) is 11.6 Å². The molecule has 1 aliphatic rings. The van der Waals surface area contributed by atoms with Gasteiger partial charge in [0.25, 0.3) is 0 Å². The van der Waals surface area contributed by atoms with Crippen molar-refractivity contribution in [2.24, 2.45) is 0 Å². The lowest BCUT2D eigenvalue weighted by atomic mass is 10.0. The molecule has 130 valence electrons. The van der Waals surface area contributed by atoms with E-state index >= 15 is 0 Å². The van der Waals surface area contributed by atoms with Crippen molar-refractivity contribution in [2.75, 3.05) is 66.1 Å². The molecule has 1 heterocycles. The minimum Gasteiger partial charge on any atom is -0.496 e. The van der Waals surface area contributed by atoms with Crippen molar-refractivity contribution in [2.45, 2.75) is 6.04 Å². The fourth-order valence-electron chi connectivity index (χ4n) is 3.17. The average molecular weight is 323 g/mol. The van der Waals surface area contributed by atoms with Crippen LogP contribution in [0.3, 0.4) is 0 Å². The molecule has 23 heavy (non-hydrogen) atoms. The Labute approximate surface area is 138 Å². The number of methoxy groups -OCH3 is 1. The van der Waals surface area contributed by atoms with E-state index in [2.05, 4.69) is 21.2 Å². The Morgan fingerprint density at radius 2 is 1.83 bits per heavy atom. The molecule has 0 bridgehead atoms. The summed E-state index contributed by atoms with van der Waals surface area (Å²) < 4.78 is 5.54. The lowest BCUT2D eigenvalue weighted by Crippen LogP contribution is -2.48. The maximum Gasteiger partial charge on any atom is 0.123 e. The van der Waals surface area contributed by atoms with Crippen LogP contribution in [-0.4, -0.2) is 86.1 Å². The van der Waals surface area contributed by atoms with Crippen LogP contribution in [0.25, 0.3) is 0 Å². The van der Waals surface area contributed by atoms with Gasteiger partial charge in [-0.25, -0.2) is 0 Å². The fraction of sp³-hybridized carbons (Fsp3) is 0.647. The first kappa shape index (κ1) is 18.2. The summed E-state index contributed by atoms with van der Waals surface area (Å²) in [4.78, 5) is 4.56. The summed E-state index contributed by atoms with van der Waals surface area (Å²) in [6, 6.07) is 8.11. The van der Waals surface area contributed by atoms with Crippen molar-refractivity contribution in [3.05, 3.63) is 29.8 Å². The van der Waals surface area contributed by atoms with Crippen molar-refractivity contribution in [3.63, 3.8) is 0 Å². The minimum atomic E-state index is 0.0766. The van der Waals surface area contributed by atoms with Gasteiger partial charge in [0.2, 0.25) is 0 Å². The first-order chi connectivity index (χ1) is 11.3. The molecule has 0 aromatic heterocycles. The number of hydrogen-bond donors (Lipinski definition) is 3. The van der Waals surface area contributed by atoms with E-state index in [1.54, 1.807) is 7.11 Å². The average Bonchev–Trinajstić information content (AvgIpc) is 2.60. The molecule has 0 saturated carbocycles. The van der Waals surface area contributed by atoms with Crippen LogP contribution in [0.2, 0.25) is 0 Å². The molecule has 6 heteroatoms. The van der Waals surface area contributed by atoms with Gasteiger partial charge in [0.15, 0.2) is 0 Å². The highest BCUT2D eigenvalue weighted by Crippen LogP contribution is 2.30. The van der Waals surface area contributed by atoms with Crippen molar-refractivity contribution >= 4 is 0 Å². The molecular formula is C17H29N3O3. The molecule has 0 amide bonds. The summed E-state index contributed by atoms with van der Waals surface area (Å²) in [6.45, 7) is 6.11. The van der Waals surface area contributed by atoms with Gasteiger partial charge in [-0.05, 0) is 6.07 Å². The van der Waals surface area contributed by atoms with E-state index in [9.17, 15) is 10.2 Å². The standard InChI is InChI=1S/C17H29N3O3/c1-23-17-5-3-2-4-15(17)16(20(10-12-21)11-13-22)14-19-8-6-18-7-9-19/h2-5,16,18,21-22H,6-14H2,1H3. The zero-order valence-electron chi connectivity index (χ0n) is 13.9. The van der Waals surface area contributed by atoms with Gasteiger partial charge >= 0.3 is 0 Å². The van der Waals surface area contributed by atoms with Crippen LogP contribution >= 0.6 is 0 Å². The molecule has 0 spiro atoms. The van der Waals surface area contributed by atoms with Gasteiger partial charge in [0, 0.05) is 51.4 Å². The van der Waals surface area contributed by atoms with E-state index in [0.717, 1.165) is 44.0 Å². The number of para-hydroxylation sites is 1. The van der Waals surface area contributed by atoms with E-state index < -0.39 is 0 Å². The minimum absolute atomic E-state index is 0.0766. The number of piperazine rings is 1. The van der Waals surface area contributed by atoms with Crippen LogP contribution in [0, 0.1) is 0 Å². The van der Waals surface area contributed by atoms with Gasteiger partial charge in [-0.3, -0.25) is 9.80 Å². The van der Waals surface area contributed by atoms with E-state index in [0.29, 0.717) is 13.1 Å². The van der Waals surface area contributed by atoms with Crippen LogP contribution in [0.4, 0.5) is 0 Å². The Morgan fingerprint density at radius 1 is 1.17 bits per heavy atom. The maximum absolute atomic E-state index is 9.41. The molecule has 1 saturated heterocycles. The number of rotatable bonds is 9. The second kappa shape index (κ2) is 9.85. The van der Waals surface area contributed by atoms with E-state index in [-0.39, 0.29) is 19.3 Å². The molecule has 1 atom stereocenters. The van der Waals surface area contributed by atoms with Crippen LogP contribution < -0.4 is 10.1 Å². The Bertz CT molecular complexity index is 446. The Hall–Kier alpha value is -1.18. The maximum atomic E-state index is 9.41. The normalized spacial score (nSPS) is 17.4. The third-order valence-corrected chi connectivity index (χ3v) is 4.35. The van der Waals surface area contributed by atoms with Gasteiger partial charge in [-0.15, -0.1) is 0 Å². The molecule has 0 aliphatic carbocycles. The van der Waals surface area contributed by atoms with Crippen LogP contribution in [-0.2, 0) is 0 Å². The highest BCUT2D eigenvalue weighted by atomic mass is 16.5. The van der Waals surface area contributed by atoms with Gasteiger partial charge in [0.05, 0.1) is 26.4 Å². The lowest BCUT2D eigenvalue weighted by molar-refractivity contribution is 0.0891. The molecule has 1 aromatic rings. The van der Waals surface area contributed by atoms with Crippen LogP contribution in [0.15, 0.2) is 24.3 Å². The van der Waals surface area contributed by atoms with Gasteiger partial charge in [-0.1, -0.05) is 18.2 Å². The van der Waals surface area contributed by atoms with E-state index in [1.807, 2.05) is 18.2 Å². The largest absolute Gasteiger partial charge is 0.496 e. The number of ether oxygens (including phenoxy) is 1. The number of nitrogens with one attached hydrogen (secondary N) is 1. The van der Waals surface area contributed by atoms with Crippen molar-refractivity contribution in [3.8, 4) is 5.75 Å². The SMILES string of the molecule is COc1ccccc1C(CN1CCNCC1)N(CCO)CCO. The smallest absolute Gasteiger partial charge is 0.123 e. The first-order valence-corrected chi connectivity index (χ1v) is 8.32. The first-order valence-electron chi connectivity index (χ1n) is 8.32. The molecular weight excluding hydrogens is 294 g/mol. The summed E-state index contributed by atoms with van der Waals surface area (Å²) >= 11 is 0. The van der Waals surface area contributed by atoms with Crippen molar-refractivity contribution in [1.82, 2.24) is 15.1 Å². The van der Waals surface area contributed by atoms with Gasteiger partial charge < -0.3 is 20.3 Å². The molecule has 1 unspecified atom stereocenters. The molecule has 1 aromatic carbocycles. The summed E-state index contributed by atoms with van der Waals surface area (Å²) in [5, 5.41) is 22.2. The molecule has 1 aliphatic heterocycles. The quantitative estimate of drug-likeness (QED) is 0.591. The predicted octanol–water partition coefficient (Wildman–Crippen LogP) is -0.0719. The predicted molar refractivity (Wildman–Crippen MR) is 90.8 cm³/mol. The van der Waals surface area contributed by atoms with Crippen molar-refractivity contribution < 1.29 is 14.9 Å². The molecule has 6 nitrogen and oxygen atoms in total. The Kier molecular flexibility index (Phi) is 7.78. The zero-order chi connectivity index (χ0) is 16.5. The zero-order valence-corrected chi connectivity index (χ0v) is 13.9. The number of nitrogens with zero attached hydrogens (tertiary/aromatic N) is 2. The second-order valence-corrected chi connectivity index (χ2v) is 5.79. The molecule has 1 fully saturated rings. The Morgan fingerprint density at radius 3 is 2.43 bits per heavy atom. The fourth-order valence-corrected chi connectivity index (χ4v) is 3.17. The second-order valence-electron chi connectivity index (χ2n) is 5.79. The number of aliphatic hydroxyl groups is 2. The lowest BCUT2D eigenvalue weighted by Gasteiger charge is -2.37. The molecule has 2 rings (SSSR count). The third-order valence-electron chi connectivity index (χ3n) is 4.35. The topological polar surface area (TPSA) is 68.2 Å². The van der Waals surface area contributed by atoms with Crippen molar-refractivity contribution in [1.29, 1.82) is 0 Å². The highest BCUT2D eigenvalue weighted by Gasteiger charge is 2.25. The van der Waals surface area contributed by atoms with Gasteiger partial charge in [-0.2, -0.15) is 0 Å². The summed E-state index contributed by atoms with van der Waals surface area (Å²) in [5.74, 6) is 0.855. The summed E-state index contributed by atoms with van der Waals surface area (Å²) in [7, 11) is 1.68. The van der Waals surface area contributed by atoms with E-state index in [4.69, 9.17) is 4.74 Å². The van der Waals surface area contributed by atoms with Crippen LogP contribution in [0.5, 0.6) is 5.75 Å². The Balaban J connectivity index is 2.24. The summed E-state index contributed by atoms with van der Waals surface area (Å²) in [5.41, 5.74) is 1.11. The number of benzene rings is 1. The third kappa shape index (κ3) is 5.16. The number of aliphatic hydroxyl groups excluding tert-OH is 2. The number of hydrogen-bond acceptors (Lipinski definition) is 6. The highest BCUT2D eigenvalue weighted by molar-refractivity contribution is 5.36. The van der Waals surface area contributed by atoms with Gasteiger partial charge in [0.1, 0.15) is 5.75 Å². The monoisotopic (exact) mass is 323 g/mol. The molecule has 3 N–H and O–H groups in total. The molecule has 0 radical (unpaired) electrons. The van der Waals surface area contributed by atoms with E-state index in [1.165, 1.54) is 0 Å². The summed E-state index contributed by atoms with van der Waals surface area (Å²) in [6.07, 6.45) is 0.